The Hall–Kier alpha value is -5.43. The van der Waals surface area contributed by atoms with E-state index in [0.29, 0.717) is 17.9 Å². The van der Waals surface area contributed by atoms with Crippen molar-refractivity contribution in [2.75, 3.05) is 36.0 Å². The molecule has 0 bridgehead atoms. The highest BCUT2D eigenvalue weighted by Crippen LogP contribution is 2.26. The maximum absolute atomic E-state index is 14.2. The van der Waals surface area contributed by atoms with E-state index in [0.717, 1.165) is 0 Å². The number of nitrogens with zero attached hydrogens (tertiary/aromatic N) is 9. The second-order valence-corrected chi connectivity index (χ2v) is 9.98. The van der Waals surface area contributed by atoms with Crippen molar-refractivity contribution in [1.82, 2.24) is 41.0 Å². The molecule has 6 rings (SSSR count). The fourth-order valence-corrected chi connectivity index (χ4v) is 4.54. The molecule has 2 atom stereocenters. The van der Waals surface area contributed by atoms with Gasteiger partial charge >= 0.3 is 12.2 Å². The smallest absolute Gasteiger partial charge is 0.414 e. The van der Waals surface area contributed by atoms with Gasteiger partial charge in [0.1, 0.15) is 48.9 Å². The number of anilines is 2. The van der Waals surface area contributed by atoms with Gasteiger partial charge in [-0.25, -0.2) is 42.7 Å². The summed E-state index contributed by atoms with van der Waals surface area (Å²) in [5, 5.41) is 12.8. The minimum absolute atomic E-state index is 0. The molecule has 20 heteroatoms. The molecule has 0 unspecified atom stereocenters. The van der Waals surface area contributed by atoms with Gasteiger partial charge in [-0.3, -0.25) is 9.80 Å². The lowest BCUT2D eigenvalue weighted by atomic mass is 10.2. The molecule has 2 fully saturated rings. The van der Waals surface area contributed by atoms with Crippen LogP contribution >= 0.6 is 24.4 Å². The lowest BCUT2D eigenvalue weighted by Crippen LogP contribution is -2.37. The number of carbonyl (C=O) groups excluding carboxylic acids is 2. The lowest BCUT2D eigenvalue weighted by molar-refractivity contribution is 0.142. The molecule has 4 heterocycles. The third kappa shape index (κ3) is 7.80. The van der Waals surface area contributed by atoms with E-state index in [2.05, 4.69) is 47.9 Å². The first-order valence-electron chi connectivity index (χ1n) is 13.1. The Morgan fingerprint density at radius 1 is 0.935 bits per heavy atom. The molecule has 6 N–H and O–H groups in total. The summed E-state index contributed by atoms with van der Waals surface area (Å²) in [7, 11) is 0. The number of isothiocyanates is 1. The predicted molar refractivity (Wildman–Crippen MR) is 168 cm³/mol. The van der Waals surface area contributed by atoms with Crippen LogP contribution in [0.5, 0.6) is 0 Å². The van der Waals surface area contributed by atoms with E-state index in [4.69, 9.17) is 27.4 Å². The molecule has 0 spiro atoms. The first kappa shape index (κ1) is 33.5. The number of hydrogen-bond acceptors (Lipinski definition) is 12. The number of nitrogens with two attached hydrogens (primary N) is 1. The second kappa shape index (κ2) is 15.0. The number of carbonyl (C=O) groups is 2. The van der Waals surface area contributed by atoms with Gasteiger partial charge in [-0.1, -0.05) is 0 Å². The minimum atomic E-state index is -0.548. The molecule has 2 amide bonds. The van der Waals surface area contributed by atoms with Crippen LogP contribution in [0.3, 0.4) is 0 Å². The predicted octanol–water partition coefficient (Wildman–Crippen LogP) is 2.56. The third-order valence-electron chi connectivity index (χ3n) is 6.43. The second-order valence-electron chi connectivity index (χ2n) is 9.36. The van der Waals surface area contributed by atoms with Gasteiger partial charge in [0.15, 0.2) is 16.7 Å². The van der Waals surface area contributed by atoms with Crippen molar-refractivity contribution in [1.29, 1.82) is 0 Å². The average Bonchev–Trinajstić information content (AvgIpc) is 3.84. The van der Waals surface area contributed by atoms with Gasteiger partial charge in [0, 0.05) is 0 Å². The van der Waals surface area contributed by atoms with Crippen molar-refractivity contribution < 1.29 is 27.8 Å². The molecule has 2 aromatic carbocycles. The number of halogens is 2. The van der Waals surface area contributed by atoms with Crippen LogP contribution in [-0.4, -0.2) is 90.4 Å². The Balaban J connectivity index is 0.000000205. The zero-order valence-electron chi connectivity index (χ0n) is 23.8. The first-order valence-corrected chi connectivity index (χ1v) is 13.9. The van der Waals surface area contributed by atoms with Crippen LogP contribution in [0.25, 0.3) is 11.4 Å². The summed E-state index contributed by atoms with van der Waals surface area (Å²) in [5.41, 5.74) is 6.62. The van der Waals surface area contributed by atoms with Gasteiger partial charge in [0.2, 0.25) is 0 Å². The van der Waals surface area contributed by atoms with Crippen molar-refractivity contribution in [3.63, 3.8) is 0 Å². The minimum Gasteiger partial charge on any atom is -0.442 e. The van der Waals surface area contributed by atoms with Gasteiger partial charge in [-0.2, -0.15) is 10.2 Å². The van der Waals surface area contributed by atoms with E-state index in [9.17, 15) is 18.4 Å². The van der Waals surface area contributed by atoms with E-state index < -0.39 is 36.0 Å². The molecule has 46 heavy (non-hydrogen) atoms. The quantitative estimate of drug-likeness (QED) is 0.182. The van der Waals surface area contributed by atoms with E-state index in [1.54, 1.807) is 12.1 Å². The topological polar surface area (TPSA) is 206 Å². The van der Waals surface area contributed by atoms with Gasteiger partial charge in [-0.05, 0) is 60.8 Å². The number of hydrogen-bond donors (Lipinski definition) is 3. The summed E-state index contributed by atoms with van der Waals surface area (Å²) in [6, 6.07) is 8.78. The Morgan fingerprint density at radius 2 is 1.43 bits per heavy atom. The maximum atomic E-state index is 14.2. The van der Waals surface area contributed by atoms with Crippen LogP contribution in [0, 0.1) is 11.6 Å². The van der Waals surface area contributed by atoms with Crippen LogP contribution in [0.4, 0.5) is 29.7 Å². The number of thiocarbonyl (C=S) groups is 2. The normalized spacial score (nSPS) is 16.8. The maximum Gasteiger partial charge on any atom is 0.414 e. The molecule has 0 saturated carbocycles. The van der Waals surface area contributed by atoms with Crippen LogP contribution in [0.15, 0.2) is 66.7 Å². The Labute approximate surface area is 270 Å². The molecule has 2 aliphatic rings. The van der Waals surface area contributed by atoms with Crippen LogP contribution in [0.2, 0.25) is 0 Å². The third-order valence-corrected chi connectivity index (χ3v) is 6.70. The SMILES string of the molecule is N.NC(=S)NC[C@H]1CN(c2ccc(-n3cncn3)c(F)c2)C(=O)O1.O=C1O[C@@H](CN=C=S)CN1c1ccc(-n2cncn2)c(F)c1. The van der Waals surface area contributed by atoms with Gasteiger partial charge in [0.05, 0.1) is 42.7 Å². The molecule has 240 valence electrons. The zero-order chi connectivity index (χ0) is 31.9. The van der Waals surface area contributed by atoms with Gasteiger partial charge in [0.25, 0.3) is 0 Å². The summed E-state index contributed by atoms with van der Waals surface area (Å²) in [4.78, 5) is 37.7. The molecule has 0 aliphatic carbocycles. The molecule has 2 aromatic heterocycles. The highest BCUT2D eigenvalue weighted by Gasteiger charge is 2.33. The van der Waals surface area contributed by atoms with E-state index in [-0.39, 0.29) is 42.3 Å². The number of aliphatic imine (C=N–C) groups is 1. The molecule has 2 aliphatic heterocycles. The molecule has 4 aromatic rings. The summed E-state index contributed by atoms with van der Waals surface area (Å²) < 4.78 is 41.3. The van der Waals surface area contributed by atoms with E-state index in [1.165, 1.54) is 68.7 Å². The molecule has 16 nitrogen and oxygen atoms in total. The number of nitrogens with one attached hydrogen (secondary N) is 1. The summed E-state index contributed by atoms with van der Waals surface area (Å²) in [6.07, 6.45) is 3.48. The van der Waals surface area contributed by atoms with E-state index >= 15 is 0 Å². The first-order chi connectivity index (χ1) is 21.7. The van der Waals surface area contributed by atoms with Crippen molar-refractivity contribution >= 4 is 58.3 Å². The number of benzene rings is 2. The zero-order valence-corrected chi connectivity index (χ0v) is 25.4. The number of ether oxygens (including phenoxy) is 2. The van der Waals surface area contributed by atoms with Crippen LogP contribution in [0.1, 0.15) is 0 Å². The number of cyclic esters (lactones) is 2. The summed E-state index contributed by atoms with van der Waals surface area (Å²) in [6.45, 7) is 1.10. The fraction of sp³-hybridized carbons (Fsp3) is 0.231. The Morgan fingerprint density at radius 3 is 1.87 bits per heavy atom. The lowest BCUT2D eigenvalue weighted by Gasteiger charge is -2.14. The van der Waals surface area contributed by atoms with Crippen molar-refractivity contribution in [2.45, 2.75) is 12.2 Å². The number of amides is 2. The van der Waals surface area contributed by atoms with E-state index in [1.807, 2.05) is 0 Å². The van der Waals surface area contributed by atoms with Gasteiger partial charge in [-0.15, -0.1) is 0 Å². The monoisotopic (exact) mass is 672 g/mol. The summed E-state index contributed by atoms with van der Waals surface area (Å²) in [5.74, 6) is -1.04. The fourth-order valence-electron chi connectivity index (χ4n) is 4.38. The van der Waals surface area contributed by atoms with Gasteiger partial charge < -0.3 is 26.7 Å². The highest BCUT2D eigenvalue weighted by atomic mass is 32.1. The largest absolute Gasteiger partial charge is 0.442 e. The Kier molecular flexibility index (Phi) is 10.9. The van der Waals surface area contributed by atoms with Crippen molar-refractivity contribution in [3.8, 4) is 11.4 Å². The van der Waals surface area contributed by atoms with Crippen LogP contribution in [-0.2, 0) is 9.47 Å². The van der Waals surface area contributed by atoms with Crippen molar-refractivity contribution in [3.05, 3.63) is 73.3 Å². The highest BCUT2D eigenvalue weighted by molar-refractivity contribution is 7.80. The molecule has 2 saturated heterocycles. The van der Waals surface area contributed by atoms with Crippen LogP contribution < -0.4 is 27.0 Å². The van der Waals surface area contributed by atoms with Crippen molar-refractivity contribution in [2.24, 2.45) is 10.7 Å². The average molecular weight is 673 g/mol. The number of aromatic nitrogens is 6. The Bertz CT molecular complexity index is 1740. The summed E-state index contributed by atoms with van der Waals surface area (Å²) >= 11 is 9.18. The molecular formula is C26H26F2N12O4S2. The molecular weight excluding hydrogens is 646 g/mol. The number of rotatable bonds is 8. The standard InChI is InChI=1S/C13H13FN6O2S.C13H10FN5O2S.H3N/c14-10-3-8(1-2-11(10)20-7-16-6-18-20)19-5-9(22-13(19)21)4-17-12(15)23;14-11-3-9(1-2-12(11)19-7-16-6-17-19)18-5-10(4-15-8-22)21-13(18)20;/h1-3,6-7,9H,4-5H2,(H3,15,17,23);1-3,6-7,10H,4-5H2;1H3/t9-;10-;/m00./s1. The molecule has 0 radical (unpaired) electrons.